The summed E-state index contributed by atoms with van der Waals surface area (Å²) in [5, 5.41) is 9.56. The summed E-state index contributed by atoms with van der Waals surface area (Å²) in [7, 11) is 0. The molecule has 5 nitrogen and oxygen atoms in total. The minimum Gasteiger partial charge on any atom is -0.462 e. The third kappa shape index (κ3) is 37.9. The van der Waals surface area contributed by atoms with Crippen LogP contribution in [0.2, 0.25) is 0 Å². The van der Waals surface area contributed by atoms with E-state index in [1.54, 1.807) is 0 Å². The lowest BCUT2D eigenvalue weighted by Crippen LogP contribution is -2.28. The van der Waals surface area contributed by atoms with Crippen molar-refractivity contribution in [3.63, 3.8) is 0 Å². The number of rotatable bonds is 35. The van der Waals surface area contributed by atoms with E-state index in [1.165, 1.54) is 51.4 Å². The van der Waals surface area contributed by atoms with E-state index >= 15 is 0 Å². The van der Waals surface area contributed by atoms with E-state index < -0.39 is 6.10 Å². The molecule has 1 atom stereocenters. The highest BCUT2D eigenvalue weighted by molar-refractivity contribution is 5.70. The van der Waals surface area contributed by atoms with Gasteiger partial charge in [0.2, 0.25) is 0 Å². The average Bonchev–Trinajstić information content (AvgIpc) is 3.12. The summed E-state index contributed by atoms with van der Waals surface area (Å²) < 4.78 is 10.6. The fourth-order valence-corrected chi connectivity index (χ4v) is 5.14. The van der Waals surface area contributed by atoms with Crippen molar-refractivity contribution in [2.45, 2.75) is 174 Å². The summed E-state index contributed by atoms with van der Waals surface area (Å²) in [5.41, 5.74) is 0. The van der Waals surface area contributed by atoms with Crippen LogP contribution >= 0.6 is 0 Å². The second-order valence-corrected chi connectivity index (χ2v) is 13.0. The average molecular weight is 695 g/mol. The number of allylic oxidation sites excluding steroid dienone is 14. The Morgan fingerprint density at radius 1 is 0.480 bits per heavy atom. The standard InChI is InChI=1S/C45H74O5/c1-3-5-7-9-11-13-15-17-19-21-22-24-26-28-30-32-34-36-38-40-45(48)50-43(41-46)42-49-44(47)39-37-35-33-31-29-27-25-23-20-18-16-14-12-10-8-6-4-2/h5,7,11-14,17-20,22,24,28,30,43,46H,3-4,6,8-10,15-16,21,23,25-27,29,31-42H2,1-2H3. The maximum Gasteiger partial charge on any atom is 0.306 e. The zero-order valence-corrected chi connectivity index (χ0v) is 32.1. The van der Waals surface area contributed by atoms with Gasteiger partial charge in [0.15, 0.2) is 6.10 Å². The number of hydrogen-bond donors (Lipinski definition) is 1. The molecule has 0 aromatic heterocycles. The molecule has 0 aliphatic carbocycles. The summed E-state index contributed by atoms with van der Waals surface area (Å²) in [6.07, 6.45) is 54.9. The van der Waals surface area contributed by atoms with Crippen molar-refractivity contribution in [3.8, 4) is 0 Å². The number of carbonyl (C=O) groups is 2. The maximum atomic E-state index is 12.2. The Morgan fingerprint density at radius 2 is 0.860 bits per heavy atom. The van der Waals surface area contributed by atoms with Gasteiger partial charge in [-0.3, -0.25) is 9.59 Å². The molecule has 0 spiro atoms. The SMILES string of the molecule is CCC=CCC=CCC=CCC=CCC=CCCCCCC(=O)OC(CO)COC(=O)CCCCCCCCCC=CCC=CCCCCC. The van der Waals surface area contributed by atoms with Crippen LogP contribution in [-0.2, 0) is 19.1 Å². The van der Waals surface area contributed by atoms with Crippen molar-refractivity contribution in [2.75, 3.05) is 13.2 Å². The van der Waals surface area contributed by atoms with Crippen molar-refractivity contribution < 1.29 is 24.2 Å². The number of carbonyl (C=O) groups excluding carboxylic acids is 2. The van der Waals surface area contributed by atoms with Crippen LogP contribution in [-0.4, -0.2) is 36.4 Å². The molecule has 0 heterocycles. The molecule has 1 unspecified atom stereocenters. The fraction of sp³-hybridized carbons (Fsp3) is 0.644. The second-order valence-electron chi connectivity index (χ2n) is 13.0. The van der Waals surface area contributed by atoms with E-state index in [-0.39, 0.29) is 25.2 Å². The Kier molecular flexibility index (Phi) is 38.1. The van der Waals surface area contributed by atoms with Crippen LogP contribution in [0, 0.1) is 0 Å². The lowest BCUT2D eigenvalue weighted by Gasteiger charge is -2.15. The van der Waals surface area contributed by atoms with Gasteiger partial charge in [0.05, 0.1) is 6.61 Å². The molecule has 0 saturated carbocycles. The monoisotopic (exact) mass is 695 g/mol. The molecule has 0 aromatic rings. The summed E-state index contributed by atoms with van der Waals surface area (Å²) in [5.74, 6) is -0.645. The predicted molar refractivity (Wildman–Crippen MR) is 214 cm³/mol. The Labute approximate surface area is 307 Å². The lowest BCUT2D eigenvalue weighted by molar-refractivity contribution is -0.161. The maximum absolute atomic E-state index is 12.2. The molecular formula is C45H74O5. The van der Waals surface area contributed by atoms with E-state index in [4.69, 9.17) is 9.47 Å². The molecule has 5 heteroatoms. The quantitative estimate of drug-likeness (QED) is 0.0406. The van der Waals surface area contributed by atoms with Gasteiger partial charge in [-0.1, -0.05) is 150 Å². The van der Waals surface area contributed by atoms with Gasteiger partial charge in [-0.25, -0.2) is 0 Å². The molecule has 0 rings (SSSR count). The summed E-state index contributed by atoms with van der Waals surface area (Å²) in [6, 6.07) is 0. The van der Waals surface area contributed by atoms with E-state index in [0.717, 1.165) is 89.9 Å². The van der Waals surface area contributed by atoms with E-state index in [2.05, 4.69) is 98.9 Å². The van der Waals surface area contributed by atoms with Crippen LogP contribution < -0.4 is 0 Å². The van der Waals surface area contributed by atoms with Crippen LogP contribution in [0.4, 0.5) is 0 Å². The lowest BCUT2D eigenvalue weighted by atomic mass is 10.1. The first kappa shape index (κ1) is 47.1. The third-order valence-electron chi connectivity index (χ3n) is 8.17. The zero-order chi connectivity index (χ0) is 36.4. The molecule has 0 saturated heterocycles. The van der Waals surface area contributed by atoms with Crippen LogP contribution in [0.25, 0.3) is 0 Å². The number of hydrogen-bond acceptors (Lipinski definition) is 5. The number of esters is 2. The number of aliphatic hydroxyl groups is 1. The van der Waals surface area contributed by atoms with Gasteiger partial charge in [0, 0.05) is 12.8 Å². The predicted octanol–water partition coefficient (Wildman–Crippen LogP) is 12.7. The molecule has 1 N–H and O–H groups in total. The van der Waals surface area contributed by atoms with Crippen LogP contribution in [0.15, 0.2) is 85.1 Å². The second kappa shape index (κ2) is 40.5. The highest BCUT2D eigenvalue weighted by Crippen LogP contribution is 2.12. The van der Waals surface area contributed by atoms with Crippen molar-refractivity contribution in [2.24, 2.45) is 0 Å². The first-order valence-electron chi connectivity index (χ1n) is 20.1. The van der Waals surface area contributed by atoms with Crippen LogP contribution in [0.5, 0.6) is 0 Å². The highest BCUT2D eigenvalue weighted by atomic mass is 16.6. The Morgan fingerprint density at radius 3 is 1.32 bits per heavy atom. The molecular weight excluding hydrogens is 620 g/mol. The highest BCUT2D eigenvalue weighted by Gasteiger charge is 2.16. The number of aliphatic hydroxyl groups excluding tert-OH is 1. The molecule has 0 aliphatic rings. The van der Waals surface area contributed by atoms with Gasteiger partial charge in [0.25, 0.3) is 0 Å². The minimum atomic E-state index is -0.797. The first-order valence-corrected chi connectivity index (χ1v) is 20.1. The topological polar surface area (TPSA) is 72.8 Å². The van der Waals surface area contributed by atoms with Gasteiger partial charge < -0.3 is 14.6 Å². The smallest absolute Gasteiger partial charge is 0.306 e. The summed E-state index contributed by atoms with van der Waals surface area (Å²) in [4.78, 5) is 24.3. The van der Waals surface area contributed by atoms with Gasteiger partial charge >= 0.3 is 11.9 Å². The largest absolute Gasteiger partial charge is 0.462 e. The third-order valence-corrected chi connectivity index (χ3v) is 8.17. The molecule has 0 bridgehead atoms. The molecule has 0 fully saturated rings. The van der Waals surface area contributed by atoms with Crippen LogP contribution in [0.3, 0.4) is 0 Å². The van der Waals surface area contributed by atoms with Crippen molar-refractivity contribution in [1.82, 2.24) is 0 Å². The van der Waals surface area contributed by atoms with Crippen molar-refractivity contribution >= 4 is 11.9 Å². The minimum absolute atomic E-state index is 0.0885. The first-order chi connectivity index (χ1) is 24.6. The molecule has 50 heavy (non-hydrogen) atoms. The normalized spacial score (nSPS) is 13.1. The van der Waals surface area contributed by atoms with Gasteiger partial charge in [0.1, 0.15) is 6.61 Å². The van der Waals surface area contributed by atoms with E-state index in [0.29, 0.717) is 12.8 Å². The van der Waals surface area contributed by atoms with Crippen molar-refractivity contribution in [1.29, 1.82) is 0 Å². The fourth-order valence-electron chi connectivity index (χ4n) is 5.14. The van der Waals surface area contributed by atoms with Gasteiger partial charge in [-0.05, 0) is 89.9 Å². The molecule has 0 aromatic carbocycles. The number of ether oxygens (including phenoxy) is 2. The van der Waals surface area contributed by atoms with Gasteiger partial charge in [-0.2, -0.15) is 0 Å². The van der Waals surface area contributed by atoms with Crippen LogP contribution in [0.1, 0.15) is 168 Å². The Balaban J connectivity index is 3.67. The van der Waals surface area contributed by atoms with Crippen molar-refractivity contribution in [3.05, 3.63) is 85.1 Å². The number of unbranched alkanes of at least 4 members (excludes halogenated alkanes) is 13. The summed E-state index contributed by atoms with van der Waals surface area (Å²) in [6.45, 7) is 3.95. The van der Waals surface area contributed by atoms with E-state index in [1.807, 2.05) is 0 Å². The molecule has 0 amide bonds. The van der Waals surface area contributed by atoms with E-state index in [9.17, 15) is 14.7 Å². The van der Waals surface area contributed by atoms with Gasteiger partial charge in [-0.15, -0.1) is 0 Å². The Bertz CT molecular complexity index is 968. The zero-order valence-electron chi connectivity index (χ0n) is 32.1. The molecule has 284 valence electrons. The molecule has 0 radical (unpaired) electrons. The summed E-state index contributed by atoms with van der Waals surface area (Å²) >= 11 is 0. The Hall–Kier alpha value is -2.92. The molecule has 0 aliphatic heterocycles.